The minimum absolute atomic E-state index is 0.490. The Bertz CT molecular complexity index is 425. The molecule has 0 spiro atoms. The van der Waals surface area contributed by atoms with Gasteiger partial charge in [-0.3, -0.25) is 0 Å². The summed E-state index contributed by atoms with van der Waals surface area (Å²) < 4.78 is 0. The van der Waals surface area contributed by atoms with Crippen LogP contribution in [0.25, 0.3) is 0 Å². The number of benzene rings is 1. The van der Waals surface area contributed by atoms with Crippen LogP contribution in [0.3, 0.4) is 0 Å². The molecule has 2 N–H and O–H groups in total. The highest BCUT2D eigenvalue weighted by molar-refractivity contribution is 5.26. The van der Waals surface area contributed by atoms with E-state index in [0.29, 0.717) is 18.0 Å². The van der Waals surface area contributed by atoms with Crippen molar-refractivity contribution in [3.05, 3.63) is 35.4 Å². The zero-order chi connectivity index (χ0) is 13.5. The first-order valence-corrected chi connectivity index (χ1v) is 7.61. The second-order valence-electron chi connectivity index (χ2n) is 6.84. The third kappa shape index (κ3) is 2.85. The van der Waals surface area contributed by atoms with Gasteiger partial charge in [-0.15, -0.1) is 0 Å². The summed E-state index contributed by atoms with van der Waals surface area (Å²) in [5.74, 6) is 0.576. The van der Waals surface area contributed by atoms with Crippen molar-refractivity contribution >= 4 is 0 Å². The van der Waals surface area contributed by atoms with E-state index in [4.69, 9.17) is 0 Å². The van der Waals surface area contributed by atoms with Crippen LogP contribution < -0.4 is 5.32 Å². The fourth-order valence-electron chi connectivity index (χ4n) is 3.77. The lowest BCUT2D eigenvalue weighted by molar-refractivity contribution is -0.00608. The normalized spacial score (nSPS) is 33.9. The predicted molar refractivity (Wildman–Crippen MR) is 78.4 cm³/mol. The molecule has 2 nitrogen and oxygen atoms in total. The standard InChI is InChI=1S/C17H25NO/c1-12(2)14-5-3-13(4-6-14)9-17(19)10-15-7-8-16(11-17)18-15/h3-6,12,15-16,18-19H,7-11H2,1-2H3. The second-order valence-corrected chi connectivity index (χ2v) is 6.84. The van der Waals surface area contributed by atoms with E-state index in [1.807, 2.05) is 0 Å². The first-order valence-electron chi connectivity index (χ1n) is 7.61. The van der Waals surface area contributed by atoms with Crippen LogP contribution in [0, 0.1) is 0 Å². The molecule has 0 amide bonds. The molecule has 2 heteroatoms. The molecule has 3 rings (SSSR count). The zero-order valence-corrected chi connectivity index (χ0v) is 12.0. The van der Waals surface area contributed by atoms with Crippen molar-refractivity contribution in [1.29, 1.82) is 0 Å². The van der Waals surface area contributed by atoms with E-state index >= 15 is 0 Å². The van der Waals surface area contributed by atoms with Crippen molar-refractivity contribution in [3.63, 3.8) is 0 Å². The van der Waals surface area contributed by atoms with E-state index in [-0.39, 0.29) is 0 Å². The fourth-order valence-corrected chi connectivity index (χ4v) is 3.77. The van der Waals surface area contributed by atoms with Crippen LogP contribution in [0.5, 0.6) is 0 Å². The monoisotopic (exact) mass is 259 g/mol. The van der Waals surface area contributed by atoms with Gasteiger partial charge in [0, 0.05) is 18.5 Å². The summed E-state index contributed by atoms with van der Waals surface area (Å²) in [5.41, 5.74) is 2.16. The molecule has 1 aromatic carbocycles. The van der Waals surface area contributed by atoms with Crippen molar-refractivity contribution in [3.8, 4) is 0 Å². The molecule has 1 aromatic rings. The highest BCUT2D eigenvalue weighted by Crippen LogP contribution is 2.36. The van der Waals surface area contributed by atoms with Crippen LogP contribution >= 0.6 is 0 Å². The predicted octanol–water partition coefficient (Wildman–Crippen LogP) is 3.00. The molecule has 19 heavy (non-hydrogen) atoms. The van der Waals surface area contributed by atoms with Gasteiger partial charge >= 0.3 is 0 Å². The van der Waals surface area contributed by atoms with E-state index < -0.39 is 5.60 Å². The number of aliphatic hydroxyl groups is 1. The van der Waals surface area contributed by atoms with Gasteiger partial charge in [0.1, 0.15) is 0 Å². The highest BCUT2D eigenvalue weighted by Gasteiger charge is 2.42. The Morgan fingerprint density at radius 2 is 1.74 bits per heavy atom. The fraction of sp³-hybridized carbons (Fsp3) is 0.647. The molecule has 2 bridgehead atoms. The second kappa shape index (κ2) is 4.92. The molecule has 2 aliphatic heterocycles. The maximum absolute atomic E-state index is 10.8. The topological polar surface area (TPSA) is 32.3 Å². The number of nitrogens with one attached hydrogen (secondary N) is 1. The van der Waals surface area contributed by atoms with E-state index in [1.165, 1.54) is 24.0 Å². The number of hydrogen-bond acceptors (Lipinski definition) is 2. The third-order valence-corrected chi connectivity index (χ3v) is 4.77. The van der Waals surface area contributed by atoms with Crippen LogP contribution in [0.15, 0.2) is 24.3 Å². The first kappa shape index (κ1) is 13.1. The zero-order valence-electron chi connectivity index (χ0n) is 12.0. The molecule has 2 unspecified atom stereocenters. The minimum atomic E-state index is -0.490. The molecular weight excluding hydrogens is 234 g/mol. The molecule has 0 saturated carbocycles. The van der Waals surface area contributed by atoms with Crippen LogP contribution in [-0.4, -0.2) is 22.8 Å². The lowest BCUT2D eigenvalue weighted by Crippen LogP contribution is -2.49. The van der Waals surface area contributed by atoms with Gasteiger partial charge in [0.15, 0.2) is 0 Å². The van der Waals surface area contributed by atoms with Crippen LogP contribution in [-0.2, 0) is 6.42 Å². The van der Waals surface area contributed by atoms with Crippen LogP contribution in [0.1, 0.15) is 56.6 Å². The quantitative estimate of drug-likeness (QED) is 0.874. The van der Waals surface area contributed by atoms with Crippen LogP contribution in [0.2, 0.25) is 0 Å². The van der Waals surface area contributed by atoms with Crippen LogP contribution in [0.4, 0.5) is 0 Å². The van der Waals surface area contributed by atoms with Crippen molar-refractivity contribution in [2.75, 3.05) is 0 Å². The van der Waals surface area contributed by atoms with Gasteiger partial charge in [-0.25, -0.2) is 0 Å². The minimum Gasteiger partial charge on any atom is -0.389 e. The SMILES string of the molecule is CC(C)c1ccc(CC2(O)CC3CCC(C2)N3)cc1. The summed E-state index contributed by atoms with van der Waals surface area (Å²) in [4.78, 5) is 0. The maximum Gasteiger partial charge on any atom is 0.0717 e. The summed E-state index contributed by atoms with van der Waals surface area (Å²) in [7, 11) is 0. The van der Waals surface area contributed by atoms with E-state index in [9.17, 15) is 5.11 Å². The molecule has 0 aromatic heterocycles. The Balaban J connectivity index is 1.70. The number of fused-ring (bicyclic) bond motifs is 2. The molecule has 0 radical (unpaired) electrons. The smallest absolute Gasteiger partial charge is 0.0717 e. The average Bonchev–Trinajstić information content (AvgIpc) is 2.69. The largest absolute Gasteiger partial charge is 0.389 e. The Hall–Kier alpha value is -0.860. The molecule has 2 saturated heterocycles. The van der Waals surface area contributed by atoms with Crippen molar-refractivity contribution in [1.82, 2.24) is 5.32 Å². The highest BCUT2D eigenvalue weighted by atomic mass is 16.3. The molecule has 2 fully saturated rings. The van der Waals surface area contributed by atoms with Gasteiger partial charge in [-0.1, -0.05) is 38.1 Å². The van der Waals surface area contributed by atoms with E-state index in [0.717, 1.165) is 19.3 Å². The number of rotatable bonds is 3. The van der Waals surface area contributed by atoms with E-state index in [2.05, 4.69) is 43.4 Å². The summed E-state index contributed by atoms with van der Waals surface area (Å²) >= 11 is 0. The Morgan fingerprint density at radius 3 is 2.26 bits per heavy atom. The Labute approximate surface area is 116 Å². The summed E-state index contributed by atoms with van der Waals surface area (Å²) in [6.45, 7) is 4.43. The molecule has 2 aliphatic rings. The van der Waals surface area contributed by atoms with E-state index in [1.54, 1.807) is 0 Å². The van der Waals surface area contributed by atoms with Crippen molar-refractivity contribution < 1.29 is 5.11 Å². The maximum atomic E-state index is 10.8. The van der Waals surface area contributed by atoms with Gasteiger partial charge in [-0.05, 0) is 42.7 Å². The third-order valence-electron chi connectivity index (χ3n) is 4.77. The van der Waals surface area contributed by atoms with Gasteiger partial charge in [0.05, 0.1) is 5.60 Å². The van der Waals surface area contributed by atoms with Crippen molar-refractivity contribution in [2.45, 2.75) is 69.6 Å². The Kier molecular flexibility index (Phi) is 3.40. The lowest BCUT2D eigenvalue weighted by Gasteiger charge is -2.37. The average molecular weight is 259 g/mol. The van der Waals surface area contributed by atoms with Crippen molar-refractivity contribution in [2.24, 2.45) is 0 Å². The number of piperidine rings is 1. The number of hydrogen-bond donors (Lipinski definition) is 2. The van der Waals surface area contributed by atoms with Gasteiger partial charge in [0.2, 0.25) is 0 Å². The molecule has 0 aliphatic carbocycles. The Morgan fingerprint density at radius 1 is 1.16 bits per heavy atom. The van der Waals surface area contributed by atoms with Gasteiger partial charge in [-0.2, -0.15) is 0 Å². The summed E-state index contributed by atoms with van der Waals surface area (Å²) in [6.07, 6.45) is 5.10. The molecular formula is C17H25NO. The molecule has 2 atom stereocenters. The summed E-state index contributed by atoms with van der Waals surface area (Å²) in [6, 6.07) is 9.88. The van der Waals surface area contributed by atoms with Gasteiger partial charge in [0.25, 0.3) is 0 Å². The van der Waals surface area contributed by atoms with Gasteiger partial charge < -0.3 is 10.4 Å². The summed E-state index contributed by atoms with van der Waals surface area (Å²) in [5, 5.41) is 14.4. The lowest BCUT2D eigenvalue weighted by atomic mass is 9.82. The molecule has 104 valence electrons. The first-order chi connectivity index (χ1) is 9.04. The molecule has 2 heterocycles.